The zero-order chi connectivity index (χ0) is 18.1. The fraction of sp³-hybridized carbons (Fsp3) is 0.176. The van der Waals surface area contributed by atoms with Crippen molar-refractivity contribution in [3.05, 3.63) is 64.2 Å². The third-order valence-corrected chi connectivity index (χ3v) is 3.05. The molecule has 0 saturated carbocycles. The summed E-state index contributed by atoms with van der Waals surface area (Å²) in [5.74, 6) is 0.0445. The van der Waals surface area contributed by atoms with Crippen LogP contribution in [0.2, 0.25) is 0 Å². The van der Waals surface area contributed by atoms with Gasteiger partial charge in [0.15, 0.2) is 6.61 Å². The molecule has 0 spiro atoms. The van der Waals surface area contributed by atoms with Crippen LogP contribution in [-0.4, -0.2) is 30.3 Å². The van der Waals surface area contributed by atoms with E-state index in [9.17, 15) is 14.9 Å². The largest absolute Gasteiger partial charge is 0.481 e. The number of rotatable bonds is 8. The van der Waals surface area contributed by atoms with Gasteiger partial charge in [-0.25, -0.2) is 4.79 Å². The summed E-state index contributed by atoms with van der Waals surface area (Å²) in [6, 6.07) is 13.0. The number of esters is 1. The molecule has 0 aromatic heterocycles. The number of hydrazone groups is 1. The van der Waals surface area contributed by atoms with Crippen LogP contribution in [0.4, 0.5) is 11.4 Å². The van der Waals surface area contributed by atoms with E-state index in [4.69, 9.17) is 9.47 Å². The van der Waals surface area contributed by atoms with Gasteiger partial charge in [0.25, 0.3) is 5.69 Å². The number of nitrogens with one attached hydrogen (secondary N) is 1. The highest BCUT2D eigenvalue weighted by atomic mass is 16.6. The Morgan fingerprint density at radius 1 is 1.24 bits per heavy atom. The molecule has 8 nitrogen and oxygen atoms in total. The third-order valence-electron chi connectivity index (χ3n) is 3.05. The lowest BCUT2D eigenvalue weighted by atomic mass is 10.2. The van der Waals surface area contributed by atoms with Gasteiger partial charge >= 0.3 is 5.97 Å². The number of carbonyl (C=O) groups is 1. The van der Waals surface area contributed by atoms with Gasteiger partial charge in [0.05, 0.1) is 23.4 Å². The standard InChI is InChI=1S/C17H17N3O5/c1-2-24-17(21)12-25-16-6-4-3-5-13(16)11-18-19-14-7-9-15(10-8-14)20(22)23/h3-11,19H,2,12H2,1H3. The Balaban J connectivity index is 1.98. The molecule has 130 valence electrons. The van der Waals surface area contributed by atoms with Crippen molar-refractivity contribution in [1.82, 2.24) is 0 Å². The van der Waals surface area contributed by atoms with Gasteiger partial charge in [-0.15, -0.1) is 0 Å². The van der Waals surface area contributed by atoms with Crippen LogP contribution in [0.1, 0.15) is 12.5 Å². The second-order valence-electron chi connectivity index (χ2n) is 4.81. The Bertz CT molecular complexity index is 759. The normalized spacial score (nSPS) is 10.4. The van der Waals surface area contributed by atoms with E-state index in [0.717, 1.165) is 0 Å². The Labute approximate surface area is 144 Å². The van der Waals surface area contributed by atoms with Gasteiger partial charge in [-0.1, -0.05) is 12.1 Å². The van der Waals surface area contributed by atoms with Crippen molar-refractivity contribution in [2.75, 3.05) is 18.6 Å². The van der Waals surface area contributed by atoms with Gasteiger partial charge in [0, 0.05) is 17.7 Å². The molecule has 0 saturated heterocycles. The van der Waals surface area contributed by atoms with Gasteiger partial charge in [-0.05, 0) is 31.2 Å². The molecule has 0 aliphatic heterocycles. The van der Waals surface area contributed by atoms with Gasteiger partial charge in [0.2, 0.25) is 0 Å². The maximum absolute atomic E-state index is 11.4. The Kier molecular flexibility index (Phi) is 6.47. The first-order chi connectivity index (χ1) is 12.1. The summed E-state index contributed by atoms with van der Waals surface area (Å²) in [4.78, 5) is 21.5. The van der Waals surface area contributed by atoms with Crippen LogP contribution in [0.15, 0.2) is 53.6 Å². The van der Waals surface area contributed by atoms with Crippen molar-refractivity contribution < 1.29 is 19.2 Å². The van der Waals surface area contributed by atoms with Gasteiger partial charge in [0.1, 0.15) is 5.75 Å². The van der Waals surface area contributed by atoms with Crippen LogP contribution in [-0.2, 0) is 9.53 Å². The van der Waals surface area contributed by atoms with E-state index in [-0.39, 0.29) is 12.3 Å². The number of anilines is 1. The predicted octanol–water partition coefficient (Wildman–Crippen LogP) is 2.98. The predicted molar refractivity (Wildman–Crippen MR) is 92.9 cm³/mol. The van der Waals surface area contributed by atoms with Crippen molar-refractivity contribution in [3.8, 4) is 5.75 Å². The van der Waals surface area contributed by atoms with E-state index in [1.165, 1.54) is 18.3 Å². The van der Waals surface area contributed by atoms with E-state index in [2.05, 4.69) is 10.5 Å². The first-order valence-electron chi connectivity index (χ1n) is 7.51. The maximum atomic E-state index is 11.4. The molecule has 1 N–H and O–H groups in total. The van der Waals surface area contributed by atoms with Crippen molar-refractivity contribution in [1.29, 1.82) is 0 Å². The fourth-order valence-corrected chi connectivity index (χ4v) is 1.89. The van der Waals surface area contributed by atoms with Gasteiger partial charge in [-0.3, -0.25) is 15.5 Å². The Morgan fingerprint density at radius 2 is 1.96 bits per heavy atom. The van der Waals surface area contributed by atoms with Crippen LogP contribution < -0.4 is 10.2 Å². The molecular weight excluding hydrogens is 326 g/mol. The third kappa shape index (κ3) is 5.61. The molecule has 0 radical (unpaired) electrons. The van der Waals surface area contributed by atoms with Crippen LogP contribution in [0, 0.1) is 10.1 Å². The second kappa shape index (κ2) is 9.02. The van der Waals surface area contributed by atoms with Gasteiger partial charge in [-0.2, -0.15) is 5.10 Å². The lowest BCUT2D eigenvalue weighted by molar-refractivity contribution is -0.384. The SMILES string of the molecule is CCOC(=O)COc1ccccc1C=NNc1ccc([N+](=O)[O-])cc1. The maximum Gasteiger partial charge on any atom is 0.344 e. The van der Waals surface area contributed by atoms with E-state index < -0.39 is 10.9 Å². The molecule has 8 heteroatoms. The Hall–Kier alpha value is -3.42. The van der Waals surface area contributed by atoms with E-state index in [1.807, 2.05) is 6.07 Å². The molecule has 0 unspecified atom stereocenters. The van der Waals surface area contributed by atoms with E-state index in [1.54, 1.807) is 37.3 Å². The molecule has 2 aromatic rings. The fourth-order valence-electron chi connectivity index (χ4n) is 1.89. The average Bonchev–Trinajstić information content (AvgIpc) is 2.61. The molecule has 0 aliphatic carbocycles. The lowest BCUT2D eigenvalue weighted by Gasteiger charge is -2.08. The highest BCUT2D eigenvalue weighted by Gasteiger charge is 2.06. The number of hydrogen-bond donors (Lipinski definition) is 1. The van der Waals surface area contributed by atoms with Crippen LogP contribution in [0.3, 0.4) is 0 Å². The first-order valence-corrected chi connectivity index (χ1v) is 7.51. The number of benzene rings is 2. The summed E-state index contributed by atoms with van der Waals surface area (Å²) in [6.07, 6.45) is 1.53. The summed E-state index contributed by atoms with van der Waals surface area (Å²) >= 11 is 0. The molecular formula is C17H17N3O5. The second-order valence-corrected chi connectivity index (χ2v) is 4.81. The smallest absolute Gasteiger partial charge is 0.344 e. The van der Waals surface area contributed by atoms with Gasteiger partial charge < -0.3 is 9.47 Å². The van der Waals surface area contributed by atoms with Crippen molar-refractivity contribution in [2.24, 2.45) is 5.10 Å². The number of nitro groups is 1. The number of ether oxygens (including phenoxy) is 2. The number of para-hydroxylation sites is 1. The van der Waals surface area contributed by atoms with E-state index in [0.29, 0.717) is 23.6 Å². The topological polar surface area (TPSA) is 103 Å². The Morgan fingerprint density at radius 3 is 2.64 bits per heavy atom. The number of nitro benzene ring substituents is 1. The summed E-state index contributed by atoms with van der Waals surface area (Å²) in [5.41, 5.74) is 4.05. The minimum absolute atomic E-state index is 0.00670. The first kappa shape index (κ1) is 17.9. The molecule has 2 aromatic carbocycles. The average molecular weight is 343 g/mol. The van der Waals surface area contributed by atoms with Crippen LogP contribution >= 0.6 is 0 Å². The summed E-state index contributed by atoms with van der Waals surface area (Å²) in [5, 5.41) is 14.7. The zero-order valence-electron chi connectivity index (χ0n) is 13.5. The van der Waals surface area contributed by atoms with Crippen LogP contribution in [0.5, 0.6) is 5.75 Å². The van der Waals surface area contributed by atoms with Crippen molar-refractivity contribution in [2.45, 2.75) is 6.92 Å². The summed E-state index contributed by atoms with van der Waals surface area (Å²) in [7, 11) is 0. The minimum Gasteiger partial charge on any atom is -0.481 e. The van der Waals surface area contributed by atoms with Crippen molar-refractivity contribution in [3.63, 3.8) is 0 Å². The number of nitrogens with zero attached hydrogens (tertiary/aromatic N) is 2. The molecule has 0 aliphatic rings. The highest BCUT2D eigenvalue weighted by Crippen LogP contribution is 2.17. The zero-order valence-corrected chi connectivity index (χ0v) is 13.5. The van der Waals surface area contributed by atoms with Crippen molar-refractivity contribution >= 4 is 23.6 Å². The monoisotopic (exact) mass is 343 g/mol. The molecule has 0 bridgehead atoms. The number of carbonyl (C=O) groups excluding carboxylic acids is 1. The van der Waals surface area contributed by atoms with E-state index >= 15 is 0 Å². The molecule has 0 fully saturated rings. The minimum atomic E-state index is -0.468. The highest BCUT2D eigenvalue weighted by molar-refractivity contribution is 5.84. The van der Waals surface area contributed by atoms with Crippen LogP contribution in [0.25, 0.3) is 0 Å². The lowest BCUT2D eigenvalue weighted by Crippen LogP contribution is -2.15. The molecule has 2 rings (SSSR count). The quantitative estimate of drug-likeness (QED) is 0.342. The number of hydrogen-bond acceptors (Lipinski definition) is 7. The molecule has 0 amide bonds. The molecule has 0 atom stereocenters. The summed E-state index contributed by atoms with van der Waals surface area (Å²) < 4.78 is 10.2. The number of non-ortho nitro benzene ring substituents is 1. The summed E-state index contributed by atoms with van der Waals surface area (Å²) in [6.45, 7) is 1.83. The molecule has 0 heterocycles. The molecule has 25 heavy (non-hydrogen) atoms.